The number of aromatic nitrogens is 1. The molecule has 15 heavy (non-hydrogen) atoms. The highest BCUT2D eigenvalue weighted by Crippen LogP contribution is 2.46. The first-order valence-corrected chi connectivity index (χ1v) is 5.43. The summed E-state index contributed by atoms with van der Waals surface area (Å²) in [7, 11) is 0. The lowest BCUT2D eigenvalue weighted by Crippen LogP contribution is -2.01. The fourth-order valence-electron chi connectivity index (χ4n) is 2.24. The SMILES string of the molecule is NC[C@@H]1C[C@H]1c1ccc2ncccc2c1. The second-order valence-electron chi connectivity index (χ2n) is 4.29. The predicted octanol–water partition coefficient (Wildman–Crippen LogP) is 2.30. The number of hydrogen-bond donors (Lipinski definition) is 1. The predicted molar refractivity (Wildman–Crippen MR) is 61.6 cm³/mol. The standard InChI is InChI=1S/C13H14N2/c14-8-11-7-12(11)9-3-4-13-10(6-9)2-1-5-15-13/h1-6,11-12H,7-8,14H2/t11-,12-/m0/s1. The number of hydrogen-bond acceptors (Lipinski definition) is 2. The van der Waals surface area contributed by atoms with Crippen LogP contribution in [0.3, 0.4) is 0 Å². The molecule has 2 heteroatoms. The summed E-state index contributed by atoms with van der Waals surface area (Å²) in [6.45, 7) is 0.815. The summed E-state index contributed by atoms with van der Waals surface area (Å²) < 4.78 is 0. The molecule has 0 aliphatic heterocycles. The molecule has 2 N–H and O–H groups in total. The van der Waals surface area contributed by atoms with Gasteiger partial charge in [0.05, 0.1) is 5.52 Å². The average Bonchev–Trinajstić information content (AvgIpc) is 3.08. The molecular weight excluding hydrogens is 184 g/mol. The number of nitrogens with two attached hydrogens (primary N) is 1. The Kier molecular flexibility index (Phi) is 1.96. The molecule has 1 saturated carbocycles. The molecule has 2 aromatic rings. The molecule has 76 valence electrons. The van der Waals surface area contributed by atoms with E-state index in [9.17, 15) is 0 Å². The van der Waals surface area contributed by atoms with E-state index in [0.29, 0.717) is 11.8 Å². The maximum atomic E-state index is 5.66. The minimum atomic E-state index is 0.694. The lowest BCUT2D eigenvalue weighted by molar-refractivity contribution is 0.810. The van der Waals surface area contributed by atoms with Gasteiger partial charge in [-0.25, -0.2) is 0 Å². The number of fused-ring (bicyclic) bond motifs is 1. The molecule has 1 aromatic carbocycles. The second-order valence-corrected chi connectivity index (χ2v) is 4.29. The summed E-state index contributed by atoms with van der Waals surface area (Å²) in [5.74, 6) is 1.40. The van der Waals surface area contributed by atoms with Crippen molar-refractivity contribution in [2.45, 2.75) is 12.3 Å². The summed E-state index contributed by atoms with van der Waals surface area (Å²) >= 11 is 0. The van der Waals surface area contributed by atoms with Crippen LogP contribution in [-0.2, 0) is 0 Å². The second kappa shape index (κ2) is 3.31. The van der Waals surface area contributed by atoms with E-state index in [4.69, 9.17) is 5.73 Å². The van der Waals surface area contributed by atoms with Crippen LogP contribution in [0.25, 0.3) is 10.9 Å². The van der Waals surface area contributed by atoms with Crippen LogP contribution in [0.5, 0.6) is 0 Å². The van der Waals surface area contributed by atoms with E-state index in [1.54, 1.807) is 0 Å². The third-order valence-corrected chi connectivity index (χ3v) is 3.28. The van der Waals surface area contributed by atoms with E-state index in [0.717, 1.165) is 12.1 Å². The average molecular weight is 198 g/mol. The van der Waals surface area contributed by atoms with Crippen LogP contribution in [0.2, 0.25) is 0 Å². The quantitative estimate of drug-likeness (QED) is 0.804. The van der Waals surface area contributed by atoms with Crippen LogP contribution >= 0.6 is 0 Å². The molecule has 1 aliphatic carbocycles. The van der Waals surface area contributed by atoms with Gasteiger partial charge in [0.25, 0.3) is 0 Å². The van der Waals surface area contributed by atoms with Gasteiger partial charge in [0, 0.05) is 11.6 Å². The maximum Gasteiger partial charge on any atom is 0.0702 e. The van der Waals surface area contributed by atoms with Crippen molar-refractivity contribution in [3.63, 3.8) is 0 Å². The summed E-state index contributed by atoms with van der Waals surface area (Å²) in [6, 6.07) is 10.7. The smallest absolute Gasteiger partial charge is 0.0702 e. The summed E-state index contributed by atoms with van der Waals surface area (Å²) in [5, 5.41) is 1.23. The number of nitrogens with zero attached hydrogens (tertiary/aromatic N) is 1. The normalized spacial score (nSPS) is 24.3. The zero-order valence-corrected chi connectivity index (χ0v) is 8.56. The molecule has 1 fully saturated rings. The van der Waals surface area contributed by atoms with E-state index in [1.165, 1.54) is 17.4 Å². The van der Waals surface area contributed by atoms with Gasteiger partial charge in [-0.05, 0) is 48.6 Å². The number of benzene rings is 1. The van der Waals surface area contributed by atoms with E-state index < -0.39 is 0 Å². The van der Waals surface area contributed by atoms with Crippen LogP contribution in [0.15, 0.2) is 36.5 Å². The van der Waals surface area contributed by atoms with E-state index >= 15 is 0 Å². The number of rotatable bonds is 2. The molecule has 0 spiro atoms. The summed E-state index contributed by atoms with van der Waals surface area (Å²) in [6.07, 6.45) is 3.09. The Bertz CT molecular complexity index is 493. The van der Waals surface area contributed by atoms with Crippen molar-refractivity contribution in [1.82, 2.24) is 4.98 Å². The molecule has 3 rings (SSSR count). The van der Waals surface area contributed by atoms with Gasteiger partial charge in [-0.1, -0.05) is 12.1 Å². The van der Waals surface area contributed by atoms with Crippen molar-refractivity contribution in [3.05, 3.63) is 42.1 Å². The lowest BCUT2D eigenvalue weighted by Gasteiger charge is -2.01. The molecule has 1 heterocycles. The van der Waals surface area contributed by atoms with Gasteiger partial charge in [0.15, 0.2) is 0 Å². The fraction of sp³-hybridized carbons (Fsp3) is 0.308. The van der Waals surface area contributed by atoms with E-state index in [1.807, 2.05) is 12.3 Å². The lowest BCUT2D eigenvalue weighted by atomic mass is 10.1. The first-order valence-electron chi connectivity index (χ1n) is 5.43. The molecule has 0 saturated heterocycles. The van der Waals surface area contributed by atoms with Crippen molar-refractivity contribution in [1.29, 1.82) is 0 Å². The molecule has 0 radical (unpaired) electrons. The molecule has 1 aromatic heterocycles. The molecule has 0 unspecified atom stereocenters. The monoisotopic (exact) mass is 198 g/mol. The Morgan fingerprint density at radius 3 is 3.07 bits per heavy atom. The van der Waals surface area contributed by atoms with Crippen molar-refractivity contribution in [3.8, 4) is 0 Å². The van der Waals surface area contributed by atoms with Crippen molar-refractivity contribution >= 4 is 10.9 Å². The highest BCUT2D eigenvalue weighted by molar-refractivity contribution is 5.79. The molecule has 2 nitrogen and oxygen atoms in total. The Morgan fingerprint density at radius 1 is 1.33 bits per heavy atom. The van der Waals surface area contributed by atoms with Gasteiger partial charge < -0.3 is 5.73 Å². The van der Waals surface area contributed by atoms with Crippen LogP contribution in [-0.4, -0.2) is 11.5 Å². The molecule has 0 amide bonds. The molecule has 0 bridgehead atoms. The van der Waals surface area contributed by atoms with Gasteiger partial charge >= 0.3 is 0 Å². The zero-order chi connectivity index (χ0) is 10.3. The first kappa shape index (κ1) is 8.86. The van der Waals surface area contributed by atoms with Gasteiger partial charge in [-0.3, -0.25) is 4.98 Å². The Balaban J connectivity index is 2.00. The minimum Gasteiger partial charge on any atom is -0.330 e. The number of pyridine rings is 1. The van der Waals surface area contributed by atoms with Gasteiger partial charge in [0.2, 0.25) is 0 Å². The molecular formula is C13H14N2. The van der Waals surface area contributed by atoms with Crippen LogP contribution in [0, 0.1) is 5.92 Å². The van der Waals surface area contributed by atoms with Gasteiger partial charge in [-0.15, -0.1) is 0 Å². The third kappa shape index (κ3) is 1.51. The zero-order valence-electron chi connectivity index (χ0n) is 8.56. The van der Waals surface area contributed by atoms with Gasteiger partial charge in [0.1, 0.15) is 0 Å². The first-order chi connectivity index (χ1) is 7.38. The van der Waals surface area contributed by atoms with Crippen LogP contribution < -0.4 is 5.73 Å². The largest absolute Gasteiger partial charge is 0.330 e. The highest BCUT2D eigenvalue weighted by atomic mass is 14.6. The third-order valence-electron chi connectivity index (χ3n) is 3.28. The maximum absolute atomic E-state index is 5.66. The highest BCUT2D eigenvalue weighted by Gasteiger charge is 2.36. The van der Waals surface area contributed by atoms with E-state index in [2.05, 4.69) is 29.2 Å². The Hall–Kier alpha value is -1.41. The van der Waals surface area contributed by atoms with E-state index in [-0.39, 0.29) is 0 Å². The van der Waals surface area contributed by atoms with Crippen molar-refractivity contribution in [2.24, 2.45) is 11.7 Å². The molecule has 2 atom stereocenters. The van der Waals surface area contributed by atoms with Gasteiger partial charge in [-0.2, -0.15) is 0 Å². The fourth-order valence-corrected chi connectivity index (χ4v) is 2.24. The summed E-state index contributed by atoms with van der Waals surface area (Å²) in [4.78, 5) is 4.32. The van der Waals surface area contributed by atoms with Crippen LogP contribution in [0.1, 0.15) is 17.9 Å². The summed E-state index contributed by atoms with van der Waals surface area (Å²) in [5.41, 5.74) is 8.16. The van der Waals surface area contributed by atoms with Crippen molar-refractivity contribution in [2.75, 3.05) is 6.54 Å². The minimum absolute atomic E-state index is 0.694. The Labute approximate surface area is 89.1 Å². The van der Waals surface area contributed by atoms with Crippen molar-refractivity contribution < 1.29 is 0 Å². The topological polar surface area (TPSA) is 38.9 Å². The Morgan fingerprint density at radius 2 is 2.27 bits per heavy atom. The molecule has 1 aliphatic rings. The van der Waals surface area contributed by atoms with Crippen LogP contribution in [0.4, 0.5) is 0 Å².